The lowest BCUT2D eigenvalue weighted by Gasteiger charge is -2.42. The minimum Gasteiger partial charge on any atom is -0.496 e. The molecule has 2 rings (SSSR count). The number of rotatable bonds is 3. The van der Waals surface area contributed by atoms with Gasteiger partial charge < -0.3 is 10.5 Å². The Kier molecular flexibility index (Phi) is 3.13. The van der Waals surface area contributed by atoms with Crippen molar-refractivity contribution in [3.63, 3.8) is 0 Å². The maximum Gasteiger partial charge on any atom is 0.130 e. The molecule has 0 radical (unpaired) electrons. The van der Waals surface area contributed by atoms with Crippen LogP contribution in [-0.2, 0) is 5.41 Å². The van der Waals surface area contributed by atoms with Crippen LogP contribution >= 0.6 is 0 Å². The van der Waals surface area contributed by atoms with E-state index in [9.17, 15) is 4.39 Å². The number of hydrogen-bond acceptors (Lipinski definition) is 2. The van der Waals surface area contributed by atoms with E-state index < -0.39 is 0 Å². The van der Waals surface area contributed by atoms with E-state index >= 15 is 0 Å². The van der Waals surface area contributed by atoms with Crippen LogP contribution in [0.4, 0.5) is 4.39 Å². The molecule has 1 aliphatic carbocycles. The molecule has 3 heteroatoms. The Balaban J connectivity index is 2.58. The molecule has 0 spiro atoms. The number of hydrogen-bond donors (Lipinski definition) is 1. The van der Waals surface area contributed by atoms with E-state index in [1.165, 1.54) is 6.42 Å². The van der Waals surface area contributed by atoms with Crippen LogP contribution in [0, 0.1) is 19.7 Å². The molecular formula is C14H20FNO. The summed E-state index contributed by atoms with van der Waals surface area (Å²) < 4.78 is 19.2. The second kappa shape index (κ2) is 4.30. The average molecular weight is 237 g/mol. The molecule has 2 N–H and O–H groups in total. The highest BCUT2D eigenvalue weighted by atomic mass is 19.1. The Hall–Kier alpha value is -1.09. The number of benzene rings is 1. The van der Waals surface area contributed by atoms with Crippen LogP contribution in [0.3, 0.4) is 0 Å². The summed E-state index contributed by atoms with van der Waals surface area (Å²) in [6, 6.07) is 1.65. The van der Waals surface area contributed by atoms with Gasteiger partial charge in [-0.1, -0.05) is 6.42 Å². The molecule has 0 saturated heterocycles. The molecular weight excluding hydrogens is 217 g/mol. The molecule has 1 aromatic carbocycles. The molecule has 0 aromatic heterocycles. The summed E-state index contributed by atoms with van der Waals surface area (Å²) in [4.78, 5) is 0. The molecule has 0 unspecified atom stereocenters. The van der Waals surface area contributed by atoms with E-state index in [1.54, 1.807) is 20.1 Å². The van der Waals surface area contributed by atoms with Crippen LogP contribution in [0.15, 0.2) is 6.07 Å². The van der Waals surface area contributed by atoms with Crippen molar-refractivity contribution < 1.29 is 9.13 Å². The number of ether oxygens (including phenoxy) is 1. The maximum absolute atomic E-state index is 13.9. The molecule has 17 heavy (non-hydrogen) atoms. The summed E-state index contributed by atoms with van der Waals surface area (Å²) in [5, 5.41) is 0. The third-order valence-corrected chi connectivity index (χ3v) is 4.19. The van der Waals surface area contributed by atoms with Crippen molar-refractivity contribution in [3.05, 3.63) is 28.6 Å². The molecule has 0 atom stereocenters. The Labute approximate surface area is 102 Å². The number of nitrogens with two attached hydrogens (primary N) is 1. The zero-order valence-corrected chi connectivity index (χ0v) is 10.8. The van der Waals surface area contributed by atoms with Gasteiger partial charge in [0.25, 0.3) is 0 Å². The predicted molar refractivity (Wildman–Crippen MR) is 67.0 cm³/mol. The normalized spacial score (nSPS) is 17.7. The third-order valence-electron chi connectivity index (χ3n) is 4.19. The Morgan fingerprint density at radius 1 is 1.35 bits per heavy atom. The molecule has 0 heterocycles. The Morgan fingerprint density at radius 3 is 2.41 bits per heavy atom. The van der Waals surface area contributed by atoms with Gasteiger partial charge in [0.2, 0.25) is 0 Å². The number of halogens is 1. The fourth-order valence-electron chi connectivity index (χ4n) is 2.90. The van der Waals surface area contributed by atoms with Crippen LogP contribution in [0.2, 0.25) is 0 Å². The van der Waals surface area contributed by atoms with Crippen LogP contribution in [0.25, 0.3) is 0 Å². The third kappa shape index (κ3) is 1.73. The molecule has 2 nitrogen and oxygen atoms in total. The van der Waals surface area contributed by atoms with Gasteiger partial charge in [-0.3, -0.25) is 0 Å². The minimum atomic E-state index is -0.192. The van der Waals surface area contributed by atoms with E-state index in [-0.39, 0.29) is 11.2 Å². The number of methoxy groups -OCH3 is 1. The lowest BCUT2D eigenvalue weighted by Crippen LogP contribution is -2.42. The van der Waals surface area contributed by atoms with Crippen molar-refractivity contribution in [2.45, 2.75) is 38.5 Å². The highest BCUT2D eigenvalue weighted by Gasteiger charge is 2.39. The average Bonchev–Trinajstić information content (AvgIpc) is 2.25. The fourth-order valence-corrected chi connectivity index (χ4v) is 2.90. The highest BCUT2D eigenvalue weighted by molar-refractivity contribution is 5.49. The molecule has 0 aliphatic heterocycles. The van der Waals surface area contributed by atoms with Crippen molar-refractivity contribution in [1.29, 1.82) is 0 Å². The Bertz CT molecular complexity index is 433. The van der Waals surface area contributed by atoms with Crippen molar-refractivity contribution in [2.75, 3.05) is 13.7 Å². The van der Waals surface area contributed by atoms with Gasteiger partial charge in [0, 0.05) is 17.5 Å². The zero-order chi connectivity index (χ0) is 12.6. The SMILES string of the molecule is COc1c(C)c(F)cc(C2(CN)CCC2)c1C. The van der Waals surface area contributed by atoms with Gasteiger partial charge in [0.1, 0.15) is 11.6 Å². The van der Waals surface area contributed by atoms with Crippen molar-refractivity contribution in [3.8, 4) is 5.75 Å². The van der Waals surface area contributed by atoms with Gasteiger partial charge in [0.15, 0.2) is 0 Å². The monoisotopic (exact) mass is 237 g/mol. The van der Waals surface area contributed by atoms with E-state index in [4.69, 9.17) is 10.5 Å². The Morgan fingerprint density at radius 2 is 2.00 bits per heavy atom. The van der Waals surface area contributed by atoms with Gasteiger partial charge in [-0.25, -0.2) is 4.39 Å². The molecule has 94 valence electrons. The summed E-state index contributed by atoms with van der Waals surface area (Å²) in [5.74, 6) is 0.474. The topological polar surface area (TPSA) is 35.2 Å². The molecule has 1 aliphatic rings. The van der Waals surface area contributed by atoms with Gasteiger partial charge in [-0.05, 0) is 43.9 Å². The summed E-state index contributed by atoms with van der Waals surface area (Å²) in [6.07, 6.45) is 3.28. The fraction of sp³-hybridized carbons (Fsp3) is 0.571. The second-order valence-electron chi connectivity index (χ2n) is 5.03. The quantitative estimate of drug-likeness (QED) is 0.877. The standard InChI is InChI=1S/C14H20FNO/c1-9-11(14(8-16)5-4-6-14)7-12(15)10(2)13(9)17-3/h7H,4-6,8,16H2,1-3H3. The first-order valence-electron chi connectivity index (χ1n) is 6.10. The smallest absolute Gasteiger partial charge is 0.130 e. The van der Waals surface area contributed by atoms with Crippen LogP contribution in [0.5, 0.6) is 5.75 Å². The van der Waals surface area contributed by atoms with E-state index in [0.717, 1.165) is 24.0 Å². The van der Waals surface area contributed by atoms with E-state index in [2.05, 4.69) is 0 Å². The van der Waals surface area contributed by atoms with Crippen molar-refractivity contribution in [1.82, 2.24) is 0 Å². The first-order chi connectivity index (χ1) is 8.05. The van der Waals surface area contributed by atoms with Gasteiger partial charge in [-0.2, -0.15) is 0 Å². The summed E-state index contributed by atoms with van der Waals surface area (Å²) in [6.45, 7) is 4.33. The molecule has 0 bridgehead atoms. The predicted octanol–water partition coefficient (Wildman–Crippen LogP) is 2.83. The van der Waals surface area contributed by atoms with Gasteiger partial charge in [-0.15, -0.1) is 0 Å². The molecule has 0 amide bonds. The zero-order valence-electron chi connectivity index (χ0n) is 10.8. The maximum atomic E-state index is 13.9. The highest BCUT2D eigenvalue weighted by Crippen LogP contribution is 2.46. The van der Waals surface area contributed by atoms with Gasteiger partial charge >= 0.3 is 0 Å². The first-order valence-corrected chi connectivity index (χ1v) is 6.10. The van der Waals surface area contributed by atoms with Crippen molar-refractivity contribution >= 4 is 0 Å². The molecule has 1 aromatic rings. The summed E-state index contributed by atoms with van der Waals surface area (Å²) in [7, 11) is 1.59. The second-order valence-corrected chi connectivity index (χ2v) is 5.03. The lowest BCUT2D eigenvalue weighted by molar-refractivity contribution is 0.249. The molecule has 1 saturated carbocycles. The summed E-state index contributed by atoms with van der Waals surface area (Å²) >= 11 is 0. The van der Waals surface area contributed by atoms with E-state index in [0.29, 0.717) is 17.9 Å². The van der Waals surface area contributed by atoms with Crippen molar-refractivity contribution in [2.24, 2.45) is 5.73 Å². The van der Waals surface area contributed by atoms with E-state index in [1.807, 2.05) is 6.92 Å². The van der Waals surface area contributed by atoms with Crippen LogP contribution in [-0.4, -0.2) is 13.7 Å². The summed E-state index contributed by atoms with van der Waals surface area (Å²) in [5.41, 5.74) is 8.52. The van der Waals surface area contributed by atoms with Crippen LogP contribution < -0.4 is 10.5 Å². The molecule has 1 fully saturated rings. The minimum absolute atomic E-state index is 0.0219. The van der Waals surface area contributed by atoms with Crippen LogP contribution in [0.1, 0.15) is 36.0 Å². The van der Waals surface area contributed by atoms with Gasteiger partial charge in [0.05, 0.1) is 7.11 Å². The first kappa shape index (κ1) is 12.4. The largest absolute Gasteiger partial charge is 0.496 e. The lowest BCUT2D eigenvalue weighted by atomic mass is 9.63.